The second-order valence-corrected chi connectivity index (χ2v) is 8.09. The molecule has 1 aromatic carbocycles. The molecule has 0 N–H and O–H groups in total. The van der Waals surface area contributed by atoms with E-state index in [0.29, 0.717) is 5.92 Å². The van der Waals surface area contributed by atoms with Gasteiger partial charge in [-0.1, -0.05) is 18.2 Å². The molecule has 2 unspecified atom stereocenters. The highest BCUT2D eigenvalue weighted by molar-refractivity contribution is 7.09. The minimum absolute atomic E-state index is 0.152. The molecular formula is C22H29NO3S. The second kappa shape index (κ2) is 9.90. The van der Waals surface area contributed by atoms with Crippen molar-refractivity contribution < 1.29 is 14.3 Å². The molecule has 2 aromatic rings. The van der Waals surface area contributed by atoms with Crippen molar-refractivity contribution in [2.75, 3.05) is 33.4 Å². The van der Waals surface area contributed by atoms with Gasteiger partial charge in [-0.25, -0.2) is 0 Å². The average molecular weight is 388 g/mol. The van der Waals surface area contributed by atoms with Gasteiger partial charge in [0, 0.05) is 24.6 Å². The lowest BCUT2D eigenvalue weighted by Crippen LogP contribution is -2.43. The fraction of sp³-hybridized carbons (Fsp3) is 0.500. The molecule has 1 aliphatic heterocycles. The fourth-order valence-electron chi connectivity index (χ4n) is 3.72. The Labute approximate surface area is 166 Å². The molecule has 27 heavy (non-hydrogen) atoms. The van der Waals surface area contributed by atoms with E-state index in [0.717, 1.165) is 56.9 Å². The number of benzene rings is 1. The molecule has 0 saturated carbocycles. The summed E-state index contributed by atoms with van der Waals surface area (Å²) in [4.78, 5) is 16.8. The molecule has 0 spiro atoms. The van der Waals surface area contributed by atoms with E-state index >= 15 is 0 Å². The molecule has 3 rings (SSSR count). The minimum Gasteiger partial charge on any atom is -0.497 e. The van der Waals surface area contributed by atoms with E-state index in [1.807, 2.05) is 31.2 Å². The van der Waals surface area contributed by atoms with Crippen LogP contribution in [0, 0.1) is 5.92 Å². The highest BCUT2D eigenvalue weighted by Crippen LogP contribution is 2.29. The van der Waals surface area contributed by atoms with Crippen LogP contribution in [0.1, 0.15) is 36.1 Å². The quantitative estimate of drug-likeness (QED) is 0.676. The van der Waals surface area contributed by atoms with Gasteiger partial charge in [0.1, 0.15) is 5.75 Å². The fourth-order valence-corrected chi connectivity index (χ4v) is 4.47. The number of piperidine rings is 1. The molecule has 146 valence electrons. The topological polar surface area (TPSA) is 38.8 Å². The molecule has 4 nitrogen and oxygen atoms in total. The van der Waals surface area contributed by atoms with Gasteiger partial charge in [0.15, 0.2) is 0 Å². The van der Waals surface area contributed by atoms with Crippen molar-refractivity contribution in [2.45, 2.75) is 32.1 Å². The van der Waals surface area contributed by atoms with Crippen LogP contribution in [0.5, 0.6) is 5.75 Å². The van der Waals surface area contributed by atoms with Crippen LogP contribution in [0.15, 0.2) is 41.8 Å². The smallest absolute Gasteiger partial charge is 0.230 e. The van der Waals surface area contributed by atoms with Crippen LogP contribution in [0.25, 0.3) is 0 Å². The number of carbonyl (C=O) groups excluding carboxylic acids is 1. The molecule has 2 atom stereocenters. The normalized spacial score (nSPS) is 18.3. The van der Waals surface area contributed by atoms with Gasteiger partial charge in [-0.15, -0.1) is 11.3 Å². The maximum Gasteiger partial charge on any atom is 0.230 e. The SMILES string of the molecule is CCOCC1CCCN(C(=O)C(Cc2cccs2)c2ccc(OC)cc2)C1. The van der Waals surface area contributed by atoms with Crippen molar-refractivity contribution in [3.8, 4) is 5.75 Å². The molecule has 1 aromatic heterocycles. The van der Waals surface area contributed by atoms with Crippen molar-refractivity contribution in [1.82, 2.24) is 4.90 Å². The van der Waals surface area contributed by atoms with Gasteiger partial charge in [-0.3, -0.25) is 4.79 Å². The third-order valence-corrected chi connectivity index (χ3v) is 6.09. The Bertz CT molecular complexity index is 699. The summed E-state index contributed by atoms with van der Waals surface area (Å²) in [7, 11) is 1.66. The Morgan fingerprint density at radius 2 is 2.11 bits per heavy atom. The first-order chi connectivity index (χ1) is 13.2. The molecule has 1 fully saturated rings. The number of hydrogen-bond donors (Lipinski definition) is 0. The maximum atomic E-state index is 13.5. The van der Waals surface area contributed by atoms with Crippen LogP contribution in [0.3, 0.4) is 0 Å². The van der Waals surface area contributed by atoms with Gasteiger partial charge < -0.3 is 14.4 Å². The lowest BCUT2D eigenvalue weighted by Gasteiger charge is -2.35. The van der Waals surface area contributed by atoms with E-state index in [1.54, 1.807) is 18.4 Å². The van der Waals surface area contributed by atoms with Crippen LogP contribution in [-0.4, -0.2) is 44.2 Å². The first kappa shape index (κ1) is 19.9. The minimum atomic E-state index is -0.152. The zero-order valence-electron chi connectivity index (χ0n) is 16.2. The summed E-state index contributed by atoms with van der Waals surface area (Å²) in [5.74, 6) is 1.34. The van der Waals surface area contributed by atoms with Gasteiger partial charge >= 0.3 is 0 Å². The monoisotopic (exact) mass is 387 g/mol. The Morgan fingerprint density at radius 3 is 2.78 bits per heavy atom. The molecule has 5 heteroatoms. The lowest BCUT2D eigenvalue weighted by atomic mass is 9.91. The Morgan fingerprint density at radius 1 is 1.30 bits per heavy atom. The first-order valence-electron chi connectivity index (χ1n) is 9.74. The lowest BCUT2D eigenvalue weighted by molar-refractivity contribution is -0.135. The molecule has 2 heterocycles. The van der Waals surface area contributed by atoms with Crippen LogP contribution in [0.4, 0.5) is 0 Å². The number of rotatable bonds is 8. The van der Waals surface area contributed by atoms with E-state index in [4.69, 9.17) is 9.47 Å². The van der Waals surface area contributed by atoms with Gasteiger partial charge in [-0.2, -0.15) is 0 Å². The van der Waals surface area contributed by atoms with Crippen molar-refractivity contribution in [2.24, 2.45) is 5.92 Å². The van der Waals surface area contributed by atoms with Crippen molar-refractivity contribution in [3.63, 3.8) is 0 Å². The van der Waals surface area contributed by atoms with Gasteiger partial charge in [0.2, 0.25) is 5.91 Å². The van der Waals surface area contributed by atoms with Crippen LogP contribution in [-0.2, 0) is 16.0 Å². The first-order valence-corrected chi connectivity index (χ1v) is 10.6. The molecule has 0 bridgehead atoms. The van der Waals surface area contributed by atoms with E-state index in [1.165, 1.54) is 4.88 Å². The van der Waals surface area contributed by atoms with Crippen molar-refractivity contribution >= 4 is 17.2 Å². The summed E-state index contributed by atoms with van der Waals surface area (Å²) in [6.07, 6.45) is 2.94. The summed E-state index contributed by atoms with van der Waals surface area (Å²) in [5, 5.41) is 2.07. The highest BCUT2D eigenvalue weighted by Gasteiger charge is 2.30. The molecule has 0 radical (unpaired) electrons. The second-order valence-electron chi connectivity index (χ2n) is 7.06. The number of nitrogens with zero attached hydrogens (tertiary/aromatic N) is 1. The molecule has 1 saturated heterocycles. The predicted octanol–water partition coefficient (Wildman–Crippen LogP) is 4.36. The van der Waals surface area contributed by atoms with Gasteiger partial charge in [0.25, 0.3) is 0 Å². The number of thiophene rings is 1. The number of carbonyl (C=O) groups is 1. The Balaban J connectivity index is 1.77. The van der Waals surface area contributed by atoms with Crippen molar-refractivity contribution in [1.29, 1.82) is 0 Å². The van der Waals surface area contributed by atoms with Crippen LogP contribution >= 0.6 is 11.3 Å². The third-order valence-electron chi connectivity index (χ3n) is 5.19. The third kappa shape index (κ3) is 5.33. The molecule has 1 aliphatic rings. The number of amides is 1. The summed E-state index contributed by atoms with van der Waals surface area (Å²) in [5.41, 5.74) is 1.06. The number of methoxy groups -OCH3 is 1. The largest absolute Gasteiger partial charge is 0.497 e. The Hall–Kier alpha value is -1.85. The predicted molar refractivity (Wildman–Crippen MR) is 110 cm³/mol. The molecule has 1 amide bonds. The summed E-state index contributed by atoms with van der Waals surface area (Å²) >= 11 is 1.71. The number of ether oxygens (including phenoxy) is 2. The Kier molecular flexibility index (Phi) is 7.30. The van der Waals surface area contributed by atoms with E-state index in [2.05, 4.69) is 22.4 Å². The van der Waals surface area contributed by atoms with Gasteiger partial charge in [0.05, 0.1) is 19.6 Å². The zero-order valence-corrected chi connectivity index (χ0v) is 17.0. The summed E-state index contributed by atoms with van der Waals surface area (Å²) in [6, 6.07) is 12.1. The van der Waals surface area contributed by atoms with E-state index in [-0.39, 0.29) is 11.8 Å². The van der Waals surface area contributed by atoms with E-state index in [9.17, 15) is 4.79 Å². The molecule has 0 aliphatic carbocycles. The van der Waals surface area contributed by atoms with Crippen LogP contribution < -0.4 is 4.74 Å². The van der Waals surface area contributed by atoms with Gasteiger partial charge in [-0.05, 0) is 61.2 Å². The van der Waals surface area contributed by atoms with Crippen molar-refractivity contribution in [3.05, 3.63) is 52.2 Å². The summed E-state index contributed by atoms with van der Waals surface area (Å²) in [6.45, 7) is 5.15. The van der Waals surface area contributed by atoms with E-state index < -0.39 is 0 Å². The highest BCUT2D eigenvalue weighted by atomic mass is 32.1. The number of hydrogen-bond acceptors (Lipinski definition) is 4. The summed E-state index contributed by atoms with van der Waals surface area (Å²) < 4.78 is 10.9. The molecular weight excluding hydrogens is 358 g/mol. The maximum absolute atomic E-state index is 13.5. The zero-order chi connectivity index (χ0) is 19.1. The standard InChI is InChI=1S/C22H29NO3S/c1-3-26-16-17-6-4-12-23(15-17)22(24)21(14-20-7-5-13-27-20)18-8-10-19(25-2)11-9-18/h5,7-11,13,17,21H,3-4,6,12,14-16H2,1-2H3. The average Bonchev–Trinajstić information content (AvgIpc) is 3.23. The van der Waals surface area contributed by atoms with Crippen LogP contribution in [0.2, 0.25) is 0 Å². The number of likely N-dealkylation sites (tertiary alicyclic amines) is 1.